The van der Waals surface area contributed by atoms with Gasteiger partial charge in [-0.2, -0.15) is 0 Å². The number of rotatable bonds is 4. The van der Waals surface area contributed by atoms with Gasteiger partial charge in [0.25, 0.3) is 10.0 Å². The van der Waals surface area contributed by atoms with Crippen molar-refractivity contribution in [2.75, 3.05) is 17.1 Å². The van der Waals surface area contributed by atoms with Gasteiger partial charge in [-0.25, -0.2) is 8.42 Å². The molecule has 0 aliphatic carbocycles. The normalized spacial score (nSPS) is 11.4. The van der Waals surface area contributed by atoms with E-state index in [1.54, 1.807) is 19.2 Å². The van der Waals surface area contributed by atoms with E-state index in [2.05, 4.69) is 6.92 Å². The summed E-state index contributed by atoms with van der Waals surface area (Å²) in [6.07, 6.45) is 0.922. The van der Waals surface area contributed by atoms with Gasteiger partial charge in [0.1, 0.15) is 0 Å². The van der Waals surface area contributed by atoms with Gasteiger partial charge >= 0.3 is 0 Å². The number of benzene rings is 2. The first-order chi connectivity index (χ1) is 9.84. The molecule has 0 aliphatic heterocycles. The largest absolute Gasteiger partial charge is 0.399 e. The quantitative estimate of drug-likeness (QED) is 0.883. The topological polar surface area (TPSA) is 63.4 Å². The SMILES string of the molecule is CCc1ccc(N(C)S(=O)(=O)c2cc(C)cc(N)c2)cc1. The molecule has 2 aromatic rings. The van der Waals surface area contributed by atoms with E-state index in [0.29, 0.717) is 11.4 Å². The number of anilines is 2. The number of nitrogen functional groups attached to an aromatic ring is 1. The monoisotopic (exact) mass is 304 g/mol. The summed E-state index contributed by atoms with van der Waals surface area (Å²) >= 11 is 0. The fraction of sp³-hybridized carbons (Fsp3) is 0.250. The van der Waals surface area contributed by atoms with Crippen molar-refractivity contribution < 1.29 is 8.42 Å². The minimum absolute atomic E-state index is 0.210. The minimum atomic E-state index is -3.60. The van der Waals surface area contributed by atoms with Crippen molar-refractivity contribution in [1.82, 2.24) is 0 Å². The van der Waals surface area contributed by atoms with E-state index in [9.17, 15) is 8.42 Å². The Kier molecular flexibility index (Phi) is 4.23. The van der Waals surface area contributed by atoms with Crippen LogP contribution in [-0.2, 0) is 16.4 Å². The molecule has 0 saturated carbocycles. The summed E-state index contributed by atoms with van der Waals surface area (Å²) in [6.45, 7) is 3.89. The maximum Gasteiger partial charge on any atom is 0.264 e. The van der Waals surface area contributed by atoms with Crippen molar-refractivity contribution in [3.8, 4) is 0 Å². The second-order valence-corrected chi connectivity index (χ2v) is 7.04. The molecule has 0 aromatic heterocycles. The molecule has 0 bridgehead atoms. The van der Waals surface area contributed by atoms with Crippen molar-refractivity contribution in [2.45, 2.75) is 25.2 Å². The zero-order chi connectivity index (χ0) is 15.6. The van der Waals surface area contributed by atoms with Crippen LogP contribution >= 0.6 is 0 Å². The first-order valence-electron chi connectivity index (χ1n) is 6.79. The van der Waals surface area contributed by atoms with Crippen molar-refractivity contribution in [3.05, 3.63) is 53.6 Å². The fourth-order valence-corrected chi connectivity index (χ4v) is 3.50. The lowest BCUT2D eigenvalue weighted by Gasteiger charge is -2.20. The molecular weight excluding hydrogens is 284 g/mol. The molecule has 4 nitrogen and oxygen atoms in total. The van der Waals surface area contributed by atoms with E-state index in [0.717, 1.165) is 12.0 Å². The van der Waals surface area contributed by atoms with E-state index in [4.69, 9.17) is 5.73 Å². The standard InChI is InChI=1S/C16H20N2O2S/c1-4-13-5-7-15(8-6-13)18(3)21(19,20)16-10-12(2)9-14(17)11-16/h5-11H,4,17H2,1-3H3. The molecule has 0 aliphatic rings. The van der Waals surface area contributed by atoms with E-state index < -0.39 is 10.0 Å². The molecule has 0 radical (unpaired) electrons. The van der Waals surface area contributed by atoms with E-state index in [-0.39, 0.29) is 4.90 Å². The van der Waals surface area contributed by atoms with Gasteiger partial charge in [-0.3, -0.25) is 4.31 Å². The van der Waals surface area contributed by atoms with Crippen molar-refractivity contribution in [2.24, 2.45) is 0 Å². The molecular formula is C16H20N2O2S. The summed E-state index contributed by atoms with van der Waals surface area (Å²) < 4.78 is 26.6. The van der Waals surface area contributed by atoms with Crippen LogP contribution in [0.3, 0.4) is 0 Å². The average Bonchev–Trinajstić information content (AvgIpc) is 2.45. The molecule has 2 N–H and O–H groups in total. The molecule has 0 amide bonds. The highest BCUT2D eigenvalue weighted by molar-refractivity contribution is 7.92. The first kappa shape index (κ1) is 15.4. The van der Waals surface area contributed by atoms with Gasteiger partial charge in [0.05, 0.1) is 10.6 Å². The summed E-state index contributed by atoms with van der Waals surface area (Å²) in [5, 5.41) is 0. The average molecular weight is 304 g/mol. The molecule has 5 heteroatoms. The van der Waals surface area contributed by atoms with Gasteiger partial charge in [0.2, 0.25) is 0 Å². The summed E-state index contributed by atoms with van der Waals surface area (Å²) in [5.74, 6) is 0. The summed E-state index contributed by atoms with van der Waals surface area (Å²) in [6, 6.07) is 12.4. The molecule has 0 heterocycles. The minimum Gasteiger partial charge on any atom is -0.399 e. The van der Waals surface area contributed by atoms with Crippen molar-refractivity contribution in [1.29, 1.82) is 0 Å². The predicted molar refractivity (Wildman–Crippen MR) is 87.0 cm³/mol. The lowest BCUT2D eigenvalue weighted by Crippen LogP contribution is -2.26. The van der Waals surface area contributed by atoms with Crippen LogP contribution < -0.4 is 10.0 Å². The van der Waals surface area contributed by atoms with Gasteiger partial charge in [0.15, 0.2) is 0 Å². The van der Waals surface area contributed by atoms with Crippen LogP contribution in [0.1, 0.15) is 18.1 Å². The number of nitrogens with two attached hydrogens (primary N) is 1. The Morgan fingerprint density at radius 1 is 1.10 bits per heavy atom. The highest BCUT2D eigenvalue weighted by Gasteiger charge is 2.21. The van der Waals surface area contributed by atoms with Crippen LogP contribution in [0.15, 0.2) is 47.4 Å². The Bertz CT molecular complexity index is 717. The lowest BCUT2D eigenvalue weighted by molar-refractivity contribution is 0.594. The smallest absolute Gasteiger partial charge is 0.264 e. The van der Waals surface area contributed by atoms with Gasteiger partial charge < -0.3 is 5.73 Å². The third-order valence-corrected chi connectivity index (χ3v) is 5.20. The molecule has 21 heavy (non-hydrogen) atoms. The highest BCUT2D eigenvalue weighted by atomic mass is 32.2. The number of hydrogen-bond donors (Lipinski definition) is 1. The Balaban J connectivity index is 2.41. The summed E-state index contributed by atoms with van der Waals surface area (Å²) in [5.41, 5.74) is 8.82. The molecule has 0 fully saturated rings. The third kappa shape index (κ3) is 3.19. The molecule has 2 rings (SSSR count). The zero-order valence-corrected chi connectivity index (χ0v) is 13.3. The van der Waals surface area contributed by atoms with Crippen LogP contribution in [0.5, 0.6) is 0 Å². The molecule has 112 valence electrons. The van der Waals surface area contributed by atoms with Crippen LogP contribution in [-0.4, -0.2) is 15.5 Å². The van der Waals surface area contributed by atoms with Crippen molar-refractivity contribution >= 4 is 21.4 Å². The number of sulfonamides is 1. The Hall–Kier alpha value is -2.01. The van der Waals surface area contributed by atoms with E-state index in [1.807, 2.05) is 31.2 Å². The van der Waals surface area contributed by atoms with Crippen LogP contribution in [0.25, 0.3) is 0 Å². The van der Waals surface area contributed by atoms with Crippen LogP contribution in [0.2, 0.25) is 0 Å². The third-order valence-electron chi connectivity index (χ3n) is 3.44. The van der Waals surface area contributed by atoms with Crippen LogP contribution in [0.4, 0.5) is 11.4 Å². The van der Waals surface area contributed by atoms with Crippen molar-refractivity contribution in [3.63, 3.8) is 0 Å². The molecule has 0 unspecified atom stereocenters. The number of hydrogen-bond acceptors (Lipinski definition) is 3. The number of nitrogens with zero attached hydrogens (tertiary/aromatic N) is 1. The van der Waals surface area contributed by atoms with Gasteiger partial charge in [-0.1, -0.05) is 19.1 Å². The van der Waals surface area contributed by atoms with Crippen LogP contribution in [0, 0.1) is 6.92 Å². The molecule has 0 atom stereocenters. The molecule has 2 aromatic carbocycles. The van der Waals surface area contributed by atoms with Gasteiger partial charge in [-0.05, 0) is 54.8 Å². The Labute approximate surface area is 126 Å². The second-order valence-electron chi connectivity index (χ2n) is 5.07. The summed E-state index contributed by atoms with van der Waals surface area (Å²) in [7, 11) is -2.05. The van der Waals surface area contributed by atoms with E-state index in [1.165, 1.54) is 15.9 Å². The van der Waals surface area contributed by atoms with Gasteiger partial charge in [-0.15, -0.1) is 0 Å². The highest BCUT2D eigenvalue weighted by Crippen LogP contribution is 2.24. The predicted octanol–water partition coefficient (Wildman–Crippen LogP) is 2.96. The lowest BCUT2D eigenvalue weighted by atomic mass is 10.1. The Morgan fingerprint density at radius 2 is 1.71 bits per heavy atom. The van der Waals surface area contributed by atoms with Gasteiger partial charge in [0, 0.05) is 12.7 Å². The maximum atomic E-state index is 12.7. The molecule has 0 spiro atoms. The second kappa shape index (κ2) is 5.77. The number of aryl methyl sites for hydroxylation is 2. The summed E-state index contributed by atoms with van der Waals surface area (Å²) in [4.78, 5) is 0.210. The first-order valence-corrected chi connectivity index (χ1v) is 8.23. The zero-order valence-electron chi connectivity index (χ0n) is 12.5. The fourth-order valence-electron chi connectivity index (χ4n) is 2.16. The maximum absolute atomic E-state index is 12.7. The van der Waals surface area contributed by atoms with E-state index >= 15 is 0 Å². The molecule has 0 saturated heterocycles. The Morgan fingerprint density at radius 3 is 2.24 bits per heavy atom.